The summed E-state index contributed by atoms with van der Waals surface area (Å²) in [5, 5.41) is 18.8. The van der Waals surface area contributed by atoms with Gasteiger partial charge >= 0.3 is 0 Å². The van der Waals surface area contributed by atoms with Gasteiger partial charge in [0, 0.05) is 11.6 Å². The molecule has 0 aliphatic heterocycles. The SMILES string of the molecule is Cl.N[C@H](c1cccc(O)c1O)C1CC1. The Balaban J connectivity index is 0.000000980. The molecule has 1 saturated carbocycles. The summed E-state index contributed by atoms with van der Waals surface area (Å²) in [5.74, 6) is 0.322. The molecule has 0 saturated heterocycles. The second-order valence-electron chi connectivity index (χ2n) is 3.58. The van der Waals surface area contributed by atoms with Crippen molar-refractivity contribution in [3.63, 3.8) is 0 Å². The molecule has 0 spiro atoms. The molecule has 0 heterocycles. The molecule has 4 heteroatoms. The van der Waals surface area contributed by atoms with E-state index in [2.05, 4.69) is 0 Å². The Kier molecular flexibility index (Phi) is 3.24. The number of halogens is 1. The van der Waals surface area contributed by atoms with Crippen molar-refractivity contribution in [2.45, 2.75) is 18.9 Å². The molecular formula is C10H14ClNO2. The summed E-state index contributed by atoms with van der Waals surface area (Å²) < 4.78 is 0. The zero-order valence-electron chi connectivity index (χ0n) is 7.68. The van der Waals surface area contributed by atoms with E-state index in [1.165, 1.54) is 6.07 Å². The van der Waals surface area contributed by atoms with E-state index in [1.807, 2.05) is 0 Å². The Hall–Kier alpha value is -0.930. The van der Waals surface area contributed by atoms with Gasteiger partial charge in [0.1, 0.15) is 0 Å². The van der Waals surface area contributed by atoms with Gasteiger partial charge in [-0.15, -0.1) is 12.4 Å². The molecule has 0 aromatic heterocycles. The standard InChI is InChI=1S/C10H13NO2.ClH/c11-9(6-4-5-6)7-2-1-3-8(12)10(7)13;/h1-3,6,9,12-13H,4-5,11H2;1H/t9-;/m0./s1. The maximum atomic E-state index is 9.51. The van der Waals surface area contributed by atoms with Crippen LogP contribution in [0.1, 0.15) is 24.4 Å². The summed E-state index contributed by atoms with van der Waals surface area (Å²) in [4.78, 5) is 0. The molecule has 14 heavy (non-hydrogen) atoms. The molecule has 2 rings (SSSR count). The largest absolute Gasteiger partial charge is 0.504 e. The predicted molar refractivity (Wildman–Crippen MR) is 56.7 cm³/mol. The Bertz CT molecular complexity index is 326. The minimum absolute atomic E-state index is 0. The van der Waals surface area contributed by atoms with E-state index in [0.29, 0.717) is 11.5 Å². The topological polar surface area (TPSA) is 66.5 Å². The van der Waals surface area contributed by atoms with Crippen molar-refractivity contribution in [1.29, 1.82) is 0 Å². The van der Waals surface area contributed by atoms with Crippen LogP contribution in [0.3, 0.4) is 0 Å². The second-order valence-corrected chi connectivity index (χ2v) is 3.58. The number of phenolic OH excluding ortho intramolecular Hbond substituents is 2. The zero-order chi connectivity index (χ0) is 9.42. The van der Waals surface area contributed by atoms with Gasteiger partial charge in [-0.3, -0.25) is 0 Å². The van der Waals surface area contributed by atoms with Crippen molar-refractivity contribution in [3.05, 3.63) is 23.8 Å². The van der Waals surface area contributed by atoms with E-state index in [-0.39, 0.29) is 29.9 Å². The van der Waals surface area contributed by atoms with Crippen molar-refractivity contribution in [2.24, 2.45) is 11.7 Å². The van der Waals surface area contributed by atoms with E-state index in [0.717, 1.165) is 12.8 Å². The van der Waals surface area contributed by atoms with E-state index in [9.17, 15) is 10.2 Å². The average Bonchev–Trinajstić information content (AvgIpc) is 2.91. The summed E-state index contributed by atoms with van der Waals surface area (Å²) in [6.45, 7) is 0. The number of nitrogens with two attached hydrogens (primary N) is 1. The van der Waals surface area contributed by atoms with Crippen LogP contribution in [-0.4, -0.2) is 10.2 Å². The lowest BCUT2D eigenvalue weighted by Crippen LogP contribution is -2.12. The van der Waals surface area contributed by atoms with Crippen LogP contribution in [0.15, 0.2) is 18.2 Å². The number of para-hydroxylation sites is 1. The van der Waals surface area contributed by atoms with Crippen LogP contribution in [0, 0.1) is 5.92 Å². The minimum atomic E-state index is -0.132. The number of rotatable bonds is 2. The smallest absolute Gasteiger partial charge is 0.162 e. The monoisotopic (exact) mass is 215 g/mol. The summed E-state index contributed by atoms with van der Waals surface area (Å²) in [6, 6.07) is 4.79. The van der Waals surface area contributed by atoms with E-state index >= 15 is 0 Å². The number of phenols is 2. The highest BCUT2D eigenvalue weighted by molar-refractivity contribution is 5.85. The van der Waals surface area contributed by atoms with Crippen molar-refractivity contribution in [3.8, 4) is 11.5 Å². The predicted octanol–water partition coefficient (Wildman–Crippen LogP) is 1.93. The number of aromatic hydroxyl groups is 2. The van der Waals surface area contributed by atoms with Crippen LogP contribution in [-0.2, 0) is 0 Å². The van der Waals surface area contributed by atoms with Gasteiger partial charge in [0.05, 0.1) is 0 Å². The van der Waals surface area contributed by atoms with Crippen LogP contribution < -0.4 is 5.73 Å². The molecule has 0 unspecified atom stereocenters. The van der Waals surface area contributed by atoms with E-state index in [4.69, 9.17) is 5.73 Å². The number of hydrogen-bond acceptors (Lipinski definition) is 3. The summed E-state index contributed by atoms with van der Waals surface area (Å²) in [6.07, 6.45) is 2.24. The molecule has 0 radical (unpaired) electrons. The highest BCUT2D eigenvalue weighted by atomic mass is 35.5. The zero-order valence-corrected chi connectivity index (χ0v) is 8.50. The van der Waals surface area contributed by atoms with Crippen molar-refractivity contribution in [2.75, 3.05) is 0 Å². The van der Waals surface area contributed by atoms with Crippen LogP contribution in [0.25, 0.3) is 0 Å². The molecule has 1 aromatic carbocycles. The normalized spacial score (nSPS) is 17.2. The lowest BCUT2D eigenvalue weighted by Gasteiger charge is -2.12. The Morgan fingerprint density at radius 3 is 2.50 bits per heavy atom. The highest BCUT2D eigenvalue weighted by Gasteiger charge is 2.31. The molecular weight excluding hydrogens is 202 g/mol. The van der Waals surface area contributed by atoms with Crippen LogP contribution in [0.5, 0.6) is 11.5 Å². The fourth-order valence-electron chi connectivity index (χ4n) is 1.53. The lowest BCUT2D eigenvalue weighted by atomic mass is 10.0. The number of hydrogen-bond donors (Lipinski definition) is 3. The van der Waals surface area contributed by atoms with Crippen molar-refractivity contribution < 1.29 is 10.2 Å². The van der Waals surface area contributed by atoms with Crippen LogP contribution in [0.4, 0.5) is 0 Å². The first-order valence-electron chi connectivity index (χ1n) is 4.46. The molecule has 1 aliphatic rings. The summed E-state index contributed by atoms with van der Waals surface area (Å²) in [5.41, 5.74) is 6.55. The first-order chi connectivity index (χ1) is 6.20. The molecule has 1 fully saturated rings. The van der Waals surface area contributed by atoms with Gasteiger partial charge in [-0.2, -0.15) is 0 Å². The van der Waals surface area contributed by atoms with Crippen molar-refractivity contribution in [1.82, 2.24) is 0 Å². The maximum absolute atomic E-state index is 9.51. The minimum Gasteiger partial charge on any atom is -0.504 e. The molecule has 4 N–H and O–H groups in total. The molecule has 0 amide bonds. The molecule has 3 nitrogen and oxygen atoms in total. The van der Waals surface area contributed by atoms with Gasteiger partial charge in [0.15, 0.2) is 11.5 Å². The van der Waals surface area contributed by atoms with E-state index < -0.39 is 0 Å². The molecule has 1 aromatic rings. The fraction of sp³-hybridized carbons (Fsp3) is 0.400. The van der Waals surface area contributed by atoms with Gasteiger partial charge in [0.2, 0.25) is 0 Å². The number of benzene rings is 1. The molecule has 1 aliphatic carbocycles. The van der Waals surface area contributed by atoms with Crippen LogP contribution in [0.2, 0.25) is 0 Å². The summed E-state index contributed by atoms with van der Waals surface area (Å²) >= 11 is 0. The van der Waals surface area contributed by atoms with E-state index in [1.54, 1.807) is 12.1 Å². The quantitative estimate of drug-likeness (QED) is 0.661. The summed E-state index contributed by atoms with van der Waals surface area (Å²) in [7, 11) is 0. The third-order valence-corrected chi connectivity index (χ3v) is 2.53. The third kappa shape index (κ3) is 1.94. The van der Waals surface area contributed by atoms with Gasteiger partial charge in [-0.25, -0.2) is 0 Å². The maximum Gasteiger partial charge on any atom is 0.162 e. The lowest BCUT2D eigenvalue weighted by molar-refractivity contribution is 0.394. The highest BCUT2D eigenvalue weighted by Crippen LogP contribution is 2.43. The first kappa shape index (κ1) is 11.1. The third-order valence-electron chi connectivity index (χ3n) is 2.53. The van der Waals surface area contributed by atoms with Crippen LogP contribution >= 0.6 is 12.4 Å². The van der Waals surface area contributed by atoms with Crippen molar-refractivity contribution >= 4 is 12.4 Å². The first-order valence-corrected chi connectivity index (χ1v) is 4.46. The Morgan fingerprint density at radius 2 is 1.93 bits per heavy atom. The van der Waals surface area contributed by atoms with Gasteiger partial charge in [-0.05, 0) is 24.8 Å². The molecule has 1 atom stereocenters. The molecule has 78 valence electrons. The average molecular weight is 216 g/mol. The molecule has 0 bridgehead atoms. The Morgan fingerprint density at radius 1 is 1.29 bits per heavy atom. The van der Waals surface area contributed by atoms with Gasteiger partial charge in [0.25, 0.3) is 0 Å². The van der Waals surface area contributed by atoms with Gasteiger partial charge in [-0.1, -0.05) is 12.1 Å². The second kappa shape index (κ2) is 4.07. The van der Waals surface area contributed by atoms with Gasteiger partial charge < -0.3 is 15.9 Å². The Labute approximate surface area is 89.0 Å². The fourth-order valence-corrected chi connectivity index (χ4v) is 1.53.